The molecule has 3 rings (SSSR count). The van der Waals surface area contributed by atoms with Crippen molar-refractivity contribution < 1.29 is 18.3 Å². The molecule has 2 aromatic carbocycles. The predicted molar refractivity (Wildman–Crippen MR) is 87.5 cm³/mol. The van der Waals surface area contributed by atoms with Gasteiger partial charge in [0, 0.05) is 17.1 Å². The van der Waals surface area contributed by atoms with Gasteiger partial charge in [0.15, 0.2) is 0 Å². The number of amides is 1. The lowest BCUT2D eigenvalue weighted by molar-refractivity contribution is -0.0498. The highest BCUT2D eigenvalue weighted by molar-refractivity contribution is 6.30. The second-order valence-corrected chi connectivity index (χ2v) is 6.05. The van der Waals surface area contributed by atoms with Gasteiger partial charge in [0.25, 0.3) is 5.91 Å². The number of likely N-dealkylation sites (tertiary alicyclic amines) is 1. The average Bonchev–Trinajstić information content (AvgIpc) is 3.04. The number of carbonyl (C=O) groups excluding carboxylic acids is 1. The van der Waals surface area contributed by atoms with Crippen molar-refractivity contribution in [3.8, 4) is 5.75 Å². The van der Waals surface area contributed by atoms with Crippen LogP contribution in [0.1, 0.15) is 34.8 Å². The third-order valence-electron chi connectivity index (χ3n) is 4.09. The highest BCUT2D eigenvalue weighted by Crippen LogP contribution is 2.33. The Balaban J connectivity index is 1.77. The van der Waals surface area contributed by atoms with Crippen molar-refractivity contribution in [2.45, 2.75) is 25.5 Å². The molecule has 0 N–H and O–H groups in total. The van der Waals surface area contributed by atoms with E-state index in [2.05, 4.69) is 4.74 Å². The summed E-state index contributed by atoms with van der Waals surface area (Å²) in [6.07, 6.45) is 1.81. The monoisotopic (exact) mass is 351 g/mol. The van der Waals surface area contributed by atoms with Crippen molar-refractivity contribution in [3.63, 3.8) is 0 Å². The van der Waals surface area contributed by atoms with Crippen LogP contribution in [-0.4, -0.2) is 24.0 Å². The Bertz CT molecular complexity index is 704. The molecule has 126 valence electrons. The number of hydrogen-bond acceptors (Lipinski definition) is 2. The molecular weight excluding hydrogens is 336 g/mol. The third kappa shape index (κ3) is 3.67. The van der Waals surface area contributed by atoms with E-state index in [4.69, 9.17) is 11.6 Å². The van der Waals surface area contributed by atoms with Crippen LogP contribution in [0.25, 0.3) is 0 Å². The first kappa shape index (κ1) is 16.7. The van der Waals surface area contributed by atoms with Gasteiger partial charge >= 0.3 is 6.61 Å². The van der Waals surface area contributed by atoms with Gasteiger partial charge in [-0.15, -0.1) is 0 Å². The van der Waals surface area contributed by atoms with Crippen LogP contribution >= 0.6 is 11.6 Å². The number of rotatable bonds is 4. The van der Waals surface area contributed by atoms with E-state index in [9.17, 15) is 13.6 Å². The van der Waals surface area contributed by atoms with Gasteiger partial charge < -0.3 is 9.64 Å². The van der Waals surface area contributed by atoms with E-state index in [-0.39, 0.29) is 17.7 Å². The summed E-state index contributed by atoms with van der Waals surface area (Å²) < 4.78 is 28.7. The minimum Gasteiger partial charge on any atom is -0.435 e. The van der Waals surface area contributed by atoms with E-state index < -0.39 is 6.61 Å². The summed E-state index contributed by atoms with van der Waals surface area (Å²) in [5, 5.41) is 0.657. The van der Waals surface area contributed by atoms with E-state index in [1.807, 2.05) is 29.2 Å². The Hall–Kier alpha value is -2.14. The second kappa shape index (κ2) is 7.18. The van der Waals surface area contributed by atoms with Crippen LogP contribution in [0.3, 0.4) is 0 Å². The largest absolute Gasteiger partial charge is 0.435 e. The van der Waals surface area contributed by atoms with E-state index in [0.717, 1.165) is 18.4 Å². The molecule has 0 spiro atoms. The first-order valence-electron chi connectivity index (χ1n) is 7.66. The molecule has 1 saturated heterocycles. The Labute approximate surface area is 143 Å². The Kier molecular flexibility index (Phi) is 5.00. The highest BCUT2D eigenvalue weighted by atomic mass is 35.5. The second-order valence-electron chi connectivity index (χ2n) is 5.61. The zero-order chi connectivity index (χ0) is 17.1. The number of ether oxygens (including phenoxy) is 1. The molecular formula is C18H16ClF2NO2. The predicted octanol–water partition coefficient (Wildman–Crippen LogP) is 4.92. The summed E-state index contributed by atoms with van der Waals surface area (Å²) in [7, 11) is 0. The molecule has 0 radical (unpaired) electrons. The Morgan fingerprint density at radius 3 is 2.42 bits per heavy atom. The molecule has 3 nitrogen and oxygen atoms in total. The summed E-state index contributed by atoms with van der Waals surface area (Å²) in [6, 6.07) is 13.3. The van der Waals surface area contributed by atoms with Crippen molar-refractivity contribution in [2.75, 3.05) is 6.54 Å². The van der Waals surface area contributed by atoms with Crippen molar-refractivity contribution >= 4 is 17.5 Å². The van der Waals surface area contributed by atoms with Crippen LogP contribution in [0.2, 0.25) is 5.02 Å². The minimum absolute atomic E-state index is 0.00626. The fourth-order valence-corrected chi connectivity index (χ4v) is 3.11. The molecule has 1 atom stereocenters. The summed E-state index contributed by atoms with van der Waals surface area (Å²) in [5.41, 5.74) is 1.50. The van der Waals surface area contributed by atoms with Crippen LogP contribution in [0.15, 0.2) is 48.5 Å². The van der Waals surface area contributed by atoms with Crippen molar-refractivity contribution in [2.24, 2.45) is 0 Å². The lowest BCUT2D eigenvalue weighted by Crippen LogP contribution is -2.30. The standard InChI is InChI=1S/C18H16ClF2NO2/c19-14-7-3-12(4-8-14)16-2-1-11-22(16)17(23)13-5-9-15(10-6-13)24-18(20)21/h3-10,16,18H,1-2,11H2. The topological polar surface area (TPSA) is 29.5 Å². The van der Waals surface area contributed by atoms with Gasteiger partial charge in [-0.25, -0.2) is 0 Å². The molecule has 1 aliphatic heterocycles. The fourth-order valence-electron chi connectivity index (χ4n) is 2.99. The lowest BCUT2D eigenvalue weighted by atomic mass is 10.0. The molecule has 1 aliphatic rings. The average molecular weight is 352 g/mol. The van der Waals surface area contributed by atoms with E-state index >= 15 is 0 Å². The smallest absolute Gasteiger partial charge is 0.387 e. The van der Waals surface area contributed by atoms with Crippen LogP contribution in [0.4, 0.5) is 8.78 Å². The molecule has 1 heterocycles. The quantitative estimate of drug-likeness (QED) is 0.782. The van der Waals surface area contributed by atoms with Gasteiger partial charge in [0.2, 0.25) is 0 Å². The molecule has 1 fully saturated rings. The summed E-state index contributed by atoms with van der Waals surface area (Å²) in [6.45, 7) is -2.21. The first-order chi connectivity index (χ1) is 11.5. The minimum atomic E-state index is -2.88. The van der Waals surface area contributed by atoms with E-state index in [0.29, 0.717) is 17.1 Å². The summed E-state index contributed by atoms with van der Waals surface area (Å²) in [4.78, 5) is 14.6. The van der Waals surface area contributed by atoms with Gasteiger partial charge in [-0.1, -0.05) is 23.7 Å². The number of alkyl halides is 2. The number of benzene rings is 2. The van der Waals surface area contributed by atoms with Gasteiger partial charge in [0.05, 0.1) is 6.04 Å². The number of carbonyl (C=O) groups is 1. The zero-order valence-electron chi connectivity index (χ0n) is 12.8. The van der Waals surface area contributed by atoms with Crippen LogP contribution in [0.5, 0.6) is 5.75 Å². The molecule has 2 aromatic rings. The molecule has 1 unspecified atom stereocenters. The SMILES string of the molecule is O=C(c1ccc(OC(F)F)cc1)N1CCCC1c1ccc(Cl)cc1. The molecule has 0 aliphatic carbocycles. The van der Waals surface area contributed by atoms with Gasteiger partial charge in [-0.3, -0.25) is 4.79 Å². The van der Waals surface area contributed by atoms with Crippen molar-refractivity contribution in [1.82, 2.24) is 4.90 Å². The fraction of sp³-hybridized carbons (Fsp3) is 0.278. The first-order valence-corrected chi connectivity index (χ1v) is 8.04. The van der Waals surface area contributed by atoms with E-state index in [1.54, 1.807) is 0 Å². The Morgan fingerprint density at radius 2 is 1.79 bits per heavy atom. The van der Waals surface area contributed by atoms with Gasteiger partial charge in [-0.2, -0.15) is 8.78 Å². The molecule has 1 amide bonds. The van der Waals surface area contributed by atoms with Crippen LogP contribution < -0.4 is 4.74 Å². The van der Waals surface area contributed by atoms with Gasteiger partial charge in [-0.05, 0) is 54.8 Å². The highest BCUT2D eigenvalue weighted by Gasteiger charge is 2.30. The van der Waals surface area contributed by atoms with Gasteiger partial charge in [0.1, 0.15) is 5.75 Å². The molecule has 0 aromatic heterocycles. The molecule has 0 bridgehead atoms. The Morgan fingerprint density at radius 1 is 1.12 bits per heavy atom. The normalized spacial score (nSPS) is 17.3. The summed E-state index contributed by atoms with van der Waals surface area (Å²) >= 11 is 5.92. The number of hydrogen-bond donors (Lipinski definition) is 0. The lowest BCUT2D eigenvalue weighted by Gasteiger charge is -2.25. The molecule has 6 heteroatoms. The number of halogens is 3. The molecule has 0 saturated carbocycles. The maximum absolute atomic E-state index is 12.7. The van der Waals surface area contributed by atoms with Crippen LogP contribution in [0, 0.1) is 0 Å². The molecule has 24 heavy (non-hydrogen) atoms. The van der Waals surface area contributed by atoms with E-state index in [1.165, 1.54) is 24.3 Å². The summed E-state index contributed by atoms with van der Waals surface area (Å²) in [5.74, 6) is -0.0757. The maximum atomic E-state index is 12.7. The third-order valence-corrected chi connectivity index (χ3v) is 4.35. The van der Waals surface area contributed by atoms with Crippen molar-refractivity contribution in [3.05, 3.63) is 64.7 Å². The zero-order valence-corrected chi connectivity index (χ0v) is 13.5. The van der Waals surface area contributed by atoms with Crippen molar-refractivity contribution in [1.29, 1.82) is 0 Å². The maximum Gasteiger partial charge on any atom is 0.387 e. The number of nitrogens with zero attached hydrogens (tertiary/aromatic N) is 1. The van der Waals surface area contributed by atoms with Crippen LogP contribution in [-0.2, 0) is 0 Å².